The van der Waals surface area contributed by atoms with Gasteiger partial charge in [-0.05, 0) is 6.42 Å². The normalized spacial score (nSPS) is 15.5. The summed E-state index contributed by atoms with van der Waals surface area (Å²) in [6.45, 7) is 0. The zero-order valence-corrected chi connectivity index (χ0v) is 17.3. The van der Waals surface area contributed by atoms with Crippen LogP contribution in [0.25, 0.3) is 0 Å². The van der Waals surface area contributed by atoms with E-state index in [-0.39, 0.29) is 51.4 Å². The zero-order valence-electron chi connectivity index (χ0n) is 14.2. The number of carboxylic acids is 1. The van der Waals surface area contributed by atoms with Gasteiger partial charge in [-0.1, -0.05) is 0 Å². The number of carboxylic acid groups (broad SMARTS) is 1. The van der Waals surface area contributed by atoms with Crippen LogP contribution >= 0.6 is 0 Å². The van der Waals surface area contributed by atoms with Gasteiger partial charge in [0.05, 0.1) is 0 Å². The van der Waals surface area contributed by atoms with Crippen LogP contribution in [0.5, 0.6) is 0 Å². The van der Waals surface area contributed by atoms with Crippen LogP contribution in [0, 0.1) is 0 Å². The van der Waals surface area contributed by atoms with E-state index in [1.54, 1.807) is 0 Å². The Balaban J connectivity index is 0. The molecule has 0 spiro atoms. The van der Waals surface area contributed by atoms with Crippen molar-refractivity contribution in [1.82, 2.24) is 0 Å². The summed E-state index contributed by atoms with van der Waals surface area (Å²) in [4.78, 5) is 9.88. The summed E-state index contributed by atoms with van der Waals surface area (Å²) in [7, 11) is 0. The van der Waals surface area contributed by atoms with Crippen molar-refractivity contribution in [3.05, 3.63) is 0 Å². The van der Waals surface area contributed by atoms with Crippen molar-refractivity contribution in [3.8, 4) is 0 Å². The van der Waals surface area contributed by atoms with E-state index in [1.807, 2.05) is 0 Å². The number of rotatable bonds is 9. The Morgan fingerprint density at radius 1 is 0.516 bits per heavy atom. The van der Waals surface area contributed by atoms with Crippen LogP contribution in [0.15, 0.2) is 0 Å². The molecule has 0 N–H and O–H groups in total. The Hall–Kier alpha value is -0.0836. The Morgan fingerprint density at radius 3 is 1.03 bits per heavy atom. The van der Waals surface area contributed by atoms with Gasteiger partial charge in [0.2, 0.25) is 0 Å². The molecule has 0 aliphatic rings. The molecule has 0 rings (SSSR count). The summed E-state index contributed by atoms with van der Waals surface area (Å²) in [5, 5.41) is 9.88. The maximum Gasteiger partial charge on any atom is 1.00 e. The van der Waals surface area contributed by atoms with Crippen molar-refractivity contribution in [2.75, 3.05) is 0 Å². The van der Waals surface area contributed by atoms with Crippen LogP contribution in [0.1, 0.15) is 12.8 Å². The molecule has 0 heterocycles. The Labute approximate surface area is 201 Å². The molecule has 0 aromatic carbocycles. The molecule has 0 bridgehead atoms. The fourth-order valence-corrected chi connectivity index (χ4v) is 1.61. The molecule has 0 unspecified atom stereocenters. The molecule has 180 valence electrons. The average Bonchev–Trinajstić information content (AvgIpc) is 2.50. The Morgan fingerprint density at radius 2 is 0.774 bits per heavy atom. The molecule has 0 amide bonds. The van der Waals surface area contributed by atoms with Gasteiger partial charge >= 0.3 is 99.0 Å². The molecule has 0 fully saturated rings. The van der Waals surface area contributed by atoms with E-state index in [0.717, 1.165) is 0 Å². The van der Waals surface area contributed by atoms with Crippen molar-refractivity contribution in [2.45, 2.75) is 60.5 Å². The first-order valence-corrected chi connectivity index (χ1v) is 6.58. The van der Waals surface area contributed by atoms with Gasteiger partial charge < -0.3 is 9.90 Å². The number of halogens is 17. The fraction of sp³-hybridized carbons (Fsp3) is 0.909. The third-order valence-corrected chi connectivity index (χ3v) is 3.43. The predicted octanol–water partition coefficient (Wildman–Crippen LogP) is 1.53. The minimum atomic E-state index is -8.70. The summed E-state index contributed by atoms with van der Waals surface area (Å²) in [5.41, 5.74) is 0. The first kappa shape index (κ1) is 33.1. The summed E-state index contributed by atoms with van der Waals surface area (Å²) in [6, 6.07) is 0. The van der Waals surface area contributed by atoms with Gasteiger partial charge in [0, 0.05) is 12.4 Å². The second-order valence-electron chi connectivity index (χ2n) is 5.52. The first-order chi connectivity index (χ1) is 12.7. The van der Waals surface area contributed by atoms with Gasteiger partial charge in [0.15, 0.2) is 0 Å². The van der Waals surface area contributed by atoms with Crippen LogP contribution in [0.3, 0.4) is 0 Å². The molecule has 0 atom stereocenters. The van der Waals surface area contributed by atoms with E-state index < -0.39 is 66.4 Å². The topological polar surface area (TPSA) is 40.1 Å². The van der Waals surface area contributed by atoms with Gasteiger partial charge in [-0.25, -0.2) is 0 Å². The molecule has 2 nitrogen and oxygen atoms in total. The van der Waals surface area contributed by atoms with Gasteiger partial charge in [-0.2, -0.15) is 74.6 Å². The van der Waals surface area contributed by atoms with Gasteiger partial charge in [-0.3, -0.25) is 0 Å². The maximum atomic E-state index is 13.2. The molecular weight excluding hydrogens is 526 g/mol. The van der Waals surface area contributed by atoms with Crippen LogP contribution in [0.4, 0.5) is 74.6 Å². The van der Waals surface area contributed by atoms with Gasteiger partial charge in [0.1, 0.15) is 0 Å². The molecule has 0 aliphatic heterocycles. The van der Waals surface area contributed by atoms with Crippen LogP contribution in [-0.2, 0) is 4.79 Å². The standard InChI is InChI=1S/C11H5F17O2.K/c12-4(13,2-1-3(29)30)5(14,15)6(16,17)7(18,19)8(20,21)9(22,23)10(24,25)11(26,27)28;/h1-2H2,(H,29,30);/q;+1/p-1. The second kappa shape index (κ2) is 8.93. The molecule has 31 heavy (non-hydrogen) atoms. The number of hydrogen-bond donors (Lipinski definition) is 0. The number of aliphatic carboxylic acids is 1. The van der Waals surface area contributed by atoms with Crippen LogP contribution in [-0.4, -0.2) is 53.6 Å². The smallest absolute Gasteiger partial charge is 0.550 e. The number of carbonyl (C=O) groups is 1. The molecule has 0 saturated carbocycles. The fourth-order valence-electron chi connectivity index (χ4n) is 1.61. The number of hydrogen-bond acceptors (Lipinski definition) is 2. The van der Waals surface area contributed by atoms with E-state index in [0.29, 0.717) is 0 Å². The third-order valence-electron chi connectivity index (χ3n) is 3.43. The largest absolute Gasteiger partial charge is 1.00 e. The zero-order chi connectivity index (χ0) is 25.0. The molecule has 0 saturated heterocycles. The molecule has 0 radical (unpaired) electrons. The first-order valence-electron chi connectivity index (χ1n) is 6.58. The van der Waals surface area contributed by atoms with Crippen LogP contribution < -0.4 is 56.5 Å². The van der Waals surface area contributed by atoms with Crippen LogP contribution in [0.2, 0.25) is 0 Å². The predicted molar refractivity (Wildman–Crippen MR) is 54.9 cm³/mol. The van der Waals surface area contributed by atoms with Crippen molar-refractivity contribution in [3.63, 3.8) is 0 Å². The third kappa shape index (κ3) is 4.91. The number of alkyl halides is 17. The minimum absolute atomic E-state index is 0. The SMILES string of the molecule is O=C([O-])CCC(F)(F)C(F)(F)C(F)(F)C(F)(F)C(F)(F)C(F)(F)C(F)(F)C(F)(F)F.[K+]. The summed E-state index contributed by atoms with van der Waals surface area (Å²) >= 11 is 0. The van der Waals surface area contributed by atoms with Crippen molar-refractivity contribution in [2.24, 2.45) is 0 Å². The monoisotopic (exact) mass is 530 g/mol. The minimum Gasteiger partial charge on any atom is -0.550 e. The van der Waals surface area contributed by atoms with Crippen molar-refractivity contribution >= 4 is 5.97 Å². The Bertz CT molecular complexity index is 653. The second-order valence-corrected chi connectivity index (χ2v) is 5.52. The van der Waals surface area contributed by atoms with E-state index in [4.69, 9.17) is 0 Å². The van der Waals surface area contributed by atoms with E-state index in [2.05, 4.69) is 0 Å². The molecule has 0 aliphatic carbocycles. The van der Waals surface area contributed by atoms with Crippen molar-refractivity contribution in [1.29, 1.82) is 0 Å². The van der Waals surface area contributed by atoms with Gasteiger partial charge in [-0.15, -0.1) is 0 Å². The molecule has 20 heteroatoms. The Kier molecular flexibility index (Phi) is 9.54. The maximum absolute atomic E-state index is 13.2. The summed E-state index contributed by atoms with van der Waals surface area (Å²) < 4.78 is 218. The summed E-state index contributed by atoms with van der Waals surface area (Å²) in [6.07, 6.45) is -13.1. The van der Waals surface area contributed by atoms with Crippen molar-refractivity contribution < 1.29 is 136 Å². The quantitative estimate of drug-likeness (QED) is 0.336. The number of carbonyl (C=O) groups excluding carboxylic acids is 1. The molecular formula is C11H4F17KO2. The van der Waals surface area contributed by atoms with E-state index in [1.165, 1.54) is 0 Å². The molecule has 0 aromatic heterocycles. The molecule has 0 aromatic rings. The summed E-state index contributed by atoms with van der Waals surface area (Å²) in [5.74, 6) is -59.8. The van der Waals surface area contributed by atoms with E-state index in [9.17, 15) is 84.5 Å². The van der Waals surface area contributed by atoms with Gasteiger partial charge in [0.25, 0.3) is 0 Å². The average molecular weight is 530 g/mol. The van der Waals surface area contributed by atoms with E-state index >= 15 is 0 Å².